The molecule has 0 saturated heterocycles. The molecule has 0 spiro atoms. The van der Waals surface area contributed by atoms with E-state index in [1.54, 1.807) is 6.07 Å². The first-order valence-electron chi connectivity index (χ1n) is 6.66. The van der Waals surface area contributed by atoms with Gasteiger partial charge in [0.25, 0.3) is 0 Å². The average Bonchev–Trinajstić information content (AvgIpc) is 2.56. The number of aromatic carboxylic acids is 1. The molecule has 0 atom stereocenters. The van der Waals surface area contributed by atoms with Crippen molar-refractivity contribution in [3.05, 3.63) is 76.8 Å². The lowest BCUT2D eigenvalue weighted by Gasteiger charge is -1.98. The smallest absolute Gasteiger partial charge is 0.361 e. The molecule has 3 nitrogen and oxygen atoms in total. The lowest BCUT2D eigenvalue weighted by molar-refractivity contribution is 0.0696. The van der Waals surface area contributed by atoms with Crippen molar-refractivity contribution in [2.75, 3.05) is 0 Å². The van der Waals surface area contributed by atoms with Crippen LogP contribution in [0.25, 0.3) is 22.6 Å². The third-order valence-corrected chi connectivity index (χ3v) is 3.76. The Morgan fingerprint density at radius 1 is 0.864 bits per heavy atom. The van der Waals surface area contributed by atoms with Crippen molar-refractivity contribution in [3.8, 4) is 22.6 Å². The van der Waals surface area contributed by atoms with Crippen molar-refractivity contribution in [2.45, 2.75) is 0 Å². The largest absolute Gasteiger partial charge is 0.478 e. The fraction of sp³-hybridized carbons (Fsp3) is 0. The first-order valence-corrected chi connectivity index (χ1v) is 7.45. The monoisotopic (exact) mass is 355 g/mol. The van der Waals surface area contributed by atoms with Gasteiger partial charge in [-0.1, -0.05) is 34.1 Å². The normalized spacial score (nSPS) is 10.4. The number of carbonyl (C=O) groups is 1. The summed E-state index contributed by atoms with van der Waals surface area (Å²) in [5.74, 6) is 0.0658. The van der Waals surface area contributed by atoms with Gasteiger partial charge >= 0.3 is 17.5 Å². The zero-order chi connectivity index (χ0) is 15.5. The third-order valence-electron chi connectivity index (χ3n) is 3.23. The standard InChI is InChI=1S/C18H11BrO3/c19-15-8-6-13(7-9-15)17-11-14(18(20)21)10-16(22-17)12-4-2-1-3-5-12/h1-11H/p+1. The number of hydrogen-bond acceptors (Lipinski definition) is 1. The van der Waals surface area contributed by atoms with E-state index in [0.717, 1.165) is 15.6 Å². The number of hydrogen-bond donors (Lipinski definition) is 1. The molecule has 4 heteroatoms. The summed E-state index contributed by atoms with van der Waals surface area (Å²) in [5, 5.41) is 9.32. The van der Waals surface area contributed by atoms with Crippen molar-refractivity contribution in [2.24, 2.45) is 0 Å². The summed E-state index contributed by atoms with van der Waals surface area (Å²) in [6, 6.07) is 20.1. The Kier molecular flexibility index (Phi) is 4.02. The Bertz CT molecular complexity index is 811. The number of carboxylic acid groups (broad SMARTS) is 1. The Morgan fingerprint density at radius 2 is 1.41 bits per heavy atom. The third kappa shape index (κ3) is 3.07. The lowest BCUT2D eigenvalue weighted by atomic mass is 10.1. The fourth-order valence-corrected chi connectivity index (χ4v) is 2.39. The van der Waals surface area contributed by atoms with Gasteiger partial charge in [0.1, 0.15) is 0 Å². The number of rotatable bonds is 3. The van der Waals surface area contributed by atoms with Gasteiger partial charge < -0.3 is 5.11 Å². The van der Waals surface area contributed by atoms with Gasteiger partial charge in [0.15, 0.2) is 0 Å². The van der Waals surface area contributed by atoms with Gasteiger partial charge in [-0.3, -0.25) is 0 Å². The molecule has 3 rings (SSSR count). The highest BCUT2D eigenvalue weighted by Crippen LogP contribution is 2.29. The van der Waals surface area contributed by atoms with E-state index in [0.29, 0.717) is 11.5 Å². The quantitative estimate of drug-likeness (QED) is 0.643. The van der Waals surface area contributed by atoms with Crippen LogP contribution in [-0.2, 0) is 0 Å². The molecule has 22 heavy (non-hydrogen) atoms. The minimum atomic E-state index is -0.980. The highest BCUT2D eigenvalue weighted by atomic mass is 79.9. The lowest BCUT2D eigenvalue weighted by Crippen LogP contribution is -1.97. The maximum absolute atomic E-state index is 11.4. The molecule has 0 aliphatic rings. The Morgan fingerprint density at radius 3 is 1.95 bits per heavy atom. The van der Waals surface area contributed by atoms with Gasteiger partial charge in [0.2, 0.25) is 0 Å². The van der Waals surface area contributed by atoms with Crippen LogP contribution in [0.5, 0.6) is 0 Å². The average molecular weight is 356 g/mol. The zero-order valence-electron chi connectivity index (χ0n) is 11.5. The van der Waals surface area contributed by atoms with E-state index in [9.17, 15) is 9.90 Å². The van der Waals surface area contributed by atoms with Crippen LogP contribution in [-0.4, -0.2) is 11.1 Å². The highest BCUT2D eigenvalue weighted by Gasteiger charge is 2.22. The molecule has 108 valence electrons. The molecule has 0 amide bonds. The molecule has 0 saturated carbocycles. The molecule has 0 bridgehead atoms. The summed E-state index contributed by atoms with van der Waals surface area (Å²) in [5.41, 5.74) is 1.86. The van der Waals surface area contributed by atoms with Crippen molar-refractivity contribution in [3.63, 3.8) is 0 Å². The van der Waals surface area contributed by atoms with Gasteiger partial charge in [0, 0.05) is 4.47 Å². The van der Waals surface area contributed by atoms with Crippen molar-refractivity contribution in [1.82, 2.24) is 0 Å². The van der Waals surface area contributed by atoms with E-state index in [1.165, 1.54) is 6.07 Å². The Hall–Kier alpha value is -2.46. The topological polar surface area (TPSA) is 48.6 Å². The minimum Gasteiger partial charge on any atom is -0.478 e. The molecule has 0 aliphatic heterocycles. The van der Waals surface area contributed by atoms with E-state index in [-0.39, 0.29) is 5.56 Å². The van der Waals surface area contributed by atoms with Gasteiger partial charge in [-0.05, 0) is 36.4 Å². The van der Waals surface area contributed by atoms with Crippen LogP contribution in [0.1, 0.15) is 10.4 Å². The first kappa shape index (κ1) is 14.5. The second kappa shape index (κ2) is 6.12. The van der Waals surface area contributed by atoms with Crippen molar-refractivity contribution >= 4 is 21.9 Å². The summed E-state index contributed by atoms with van der Waals surface area (Å²) in [6.45, 7) is 0. The second-order valence-corrected chi connectivity index (χ2v) is 5.67. The summed E-state index contributed by atoms with van der Waals surface area (Å²) in [4.78, 5) is 11.4. The van der Waals surface area contributed by atoms with Gasteiger partial charge in [0.05, 0.1) is 28.8 Å². The fourth-order valence-electron chi connectivity index (χ4n) is 2.13. The van der Waals surface area contributed by atoms with E-state index in [2.05, 4.69) is 15.9 Å². The minimum absolute atomic E-state index is 0.197. The zero-order valence-corrected chi connectivity index (χ0v) is 13.1. The van der Waals surface area contributed by atoms with Crippen LogP contribution >= 0.6 is 15.9 Å². The molecular formula is C18H12BrO3+. The second-order valence-electron chi connectivity index (χ2n) is 4.75. The molecule has 1 N–H and O–H groups in total. The predicted molar refractivity (Wildman–Crippen MR) is 88.6 cm³/mol. The Labute approximate surface area is 136 Å². The van der Waals surface area contributed by atoms with Crippen LogP contribution in [0, 0.1) is 0 Å². The molecule has 3 aromatic rings. The number of carboxylic acids is 1. The maximum atomic E-state index is 11.4. The summed E-state index contributed by atoms with van der Waals surface area (Å²) in [6.07, 6.45) is 0. The van der Waals surface area contributed by atoms with Crippen LogP contribution in [0.3, 0.4) is 0 Å². The molecule has 0 aliphatic carbocycles. The molecule has 1 heterocycles. The number of benzene rings is 2. The van der Waals surface area contributed by atoms with E-state index in [1.807, 2.05) is 54.6 Å². The van der Waals surface area contributed by atoms with Gasteiger partial charge in [-0.15, -0.1) is 0 Å². The van der Waals surface area contributed by atoms with E-state index in [4.69, 9.17) is 4.42 Å². The summed E-state index contributed by atoms with van der Waals surface area (Å²) >= 11 is 3.38. The molecule has 0 unspecified atom stereocenters. The highest BCUT2D eigenvalue weighted by molar-refractivity contribution is 9.10. The van der Waals surface area contributed by atoms with Crippen molar-refractivity contribution < 1.29 is 14.3 Å². The predicted octanol–water partition coefficient (Wildman–Crippen LogP) is 5.36. The Balaban J connectivity index is 2.16. The van der Waals surface area contributed by atoms with Crippen LogP contribution < -0.4 is 0 Å². The van der Waals surface area contributed by atoms with Crippen LogP contribution in [0.4, 0.5) is 0 Å². The summed E-state index contributed by atoms with van der Waals surface area (Å²) < 4.78 is 6.85. The van der Waals surface area contributed by atoms with Gasteiger partial charge in [-0.2, -0.15) is 0 Å². The van der Waals surface area contributed by atoms with Crippen LogP contribution in [0.15, 0.2) is 75.6 Å². The SMILES string of the molecule is O=C(O)c1cc(-c2ccccc2)[o+]c(-c2ccc(Br)cc2)c1. The van der Waals surface area contributed by atoms with Crippen molar-refractivity contribution in [1.29, 1.82) is 0 Å². The number of halogens is 1. The first-order chi connectivity index (χ1) is 10.6. The van der Waals surface area contributed by atoms with Gasteiger partial charge in [-0.25, -0.2) is 9.21 Å². The maximum Gasteiger partial charge on any atom is 0.361 e. The van der Waals surface area contributed by atoms with E-state index >= 15 is 0 Å². The van der Waals surface area contributed by atoms with Crippen LogP contribution in [0.2, 0.25) is 0 Å². The molecule has 0 fully saturated rings. The van der Waals surface area contributed by atoms with E-state index < -0.39 is 5.97 Å². The molecule has 0 radical (unpaired) electrons. The molecular weight excluding hydrogens is 344 g/mol. The summed E-state index contributed by atoms with van der Waals surface area (Å²) in [7, 11) is 0. The molecule has 1 aromatic heterocycles. The molecule has 2 aromatic carbocycles.